The highest BCUT2D eigenvalue weighted by Gasteiger charge is 2.58. The Morgan fingerprint density at radius 1 is 1.07 bits per heavy atom. The van der Waals surface area contributed by atoms with E-state index in [4.69, 9.17) is 4.74 Å². The zero-order valence-corrected chi connectivity index (χ0v) is 10.7. The highest BCUT2D eigenvalue weighted by atomic mass is 16.5. The van der Waals surface area contributed by atoms with Gasteiger partial charge < -0.3 is 4.74 Å². The zero-order chi connectivity index (χ0) is 11.5. The Morgan fingerprint density at radius 2 is 1.67 bits per heavy atom. The van der Waals surface area contributed by atoms with Crippen molar-refractivity contribution in [1.29, 1.82) is 0 Å². The third-order valence-corrected chi connectivity index (χ3v) is 5.14. The second kappa shape index (κ2) is 2.69. The van der Waals surface area contributed by atoms with Crippen LogP contribution >= 0.6 is 0 Å². The zero-order valence-electron chi connectivity index (χ0n) is 10.7. The molecule has 0 bridgehead atoms. The molecular weight excluding hydrogens is 184 g/mol. The van der Waals surface area contributed by atoms with Crippen LogP contribution in [0, 0.1) is 16.7 Å². The van der Waals surface area contributed by atoms with E-state index >= 15 is 0 Å². The van der Waals surface area contributed by atoms with E-state index in [0.717, 1.165) is 5.76 Å². The molecular formula is C14H22O. The average molecular weight is 206 g/mol. The quantitative estimate of drug-likeness (QED) is 0.583. The van der Waals surface area contributed by atoms with E-state index in [1.807, 2.05) is 0 Å². The maximum absolute atomic E-state index is 6.15. The number of hydrogen-bond donors (Lipinski definition) is 0. The maximum atomic E-state index is 6.15. The molecule has 0 aromatic rings. The van der Waals surface area contributed by atoms with Crippen LogP contribution < -0.4 is 0 Å². The lowest BCUT2D eigenvalue weighted by Crippen LogP contribution is -2.57. The van der Waals surface area contributed by atoms with Gasteiger partial charge in [0, 0.05) is 11.3 Å². The molecule has 1 nitrogen and oxygen atoms in total. The second-order valence-corrected chi connectivity index (χ2v) is 6.39. The summed E-state index contributed by atoms with van der Waals surface area (Å²) >= 11 is 0. The Hall–Kier alpha value is -0.720. The van der Waals surface area contributed by atoms with E-state index in [1.54, 1.807) is 0 Å². The molecule has 1 heterocycles. The van der Waals surface area contributed by atoms with Gasteiger partial charge in [-0.25, -0.2) is 0 Å². The van der Waals surface area contributed by atoms with Crippen LogP contribution in [0.3, 0.4) is 0 Å². The molecule has 0 amide bonds. The standard InChI is InChI=1S/C14H22O/c1-12(2)10-8-7-9-11(10)15-14(5,6)13(12,3)4/h7-10H,1-6H3. The summed E-state index contributed by atoms with van der Waals surface area (Å²) in [6.45, 7) is 13.7. The first-order valence-corrected chi connectivity index (χ1v) is 5.77. The van der Waals surface area contributed by atoms with Crippen molar-refractivity contribution < 1.29 is 4.74 Å². The highest BCUT2D eigenvalue weighted by Crippen LogP contribution is 2.60. The highest BCUT2D eigenvalue weighted by molar-refractivity contribution is 5.30. The summed E-state index contributed by atoms with van der Waals surface area (Å²) in [5.74, 6) is 1.59. The average Bonchev–Trinajstić information content (AvgIpc) is 2.49. The van der Waals surface area contributed by atoms with Gasteiger partial charge in [-0.15, -0.1) is 0 Å². The summed E-state index contributed by atoms with van der Waals surface area (Å²) in [6, 6.07) is 0. The van der Waals surface area contributed by atoms with Gasteiger partial charge in [-0.1, -0.05) is 39.8 Å². The van der Waals surface area contributed by atoms with Gasteiger partial charge in [-0.2, -0.15) is 0 Å². The molecule has 1 fully saturated rings. The minimum absolute atomic E-state index is 0.106. The topological polar surface area (TPSA) is 9.23 Å². The molecule has 0 aromatic heterocycles. The molecule has 0 saturated carbocycles. The first kappa shape index (κ1) is 10.8. The van der Waals surface area contributed by atoms with Crippen LogP contribution in [0.2, 0.25) is 0 Å². The number of rotatable bonds is 0. The van der Waals surface area contributed by atoms with Crippen molar-refractivity contribution in [3.8, 4) is 0 Å². The minimum atomic E-state index is -0.106. The lowest BCUT2D eigenvalue weighted by Gasteiger charge is -2.58. The molecule has 1 saturated heterocycles. The van der Waals surface area contributed by atoms with Crippen molar-refractivity contribution in [1.82, 2.24) is 0 Å². The van der Waals surface area contributed by atoms with Crippen LogP contribution in [0.15, 0.2) is 24.0 Å². The third kappa shape index (κ3) is 1.15. The minimum Gasteiger partial charge on any atom is -0.491 e. The van der Waals surface area contributed by atoms with Gasteiger partial charge in [0.25, 0.3) is 0 Å². The molecule has 2 rings (SSSR count). The summed E-state index contributed by atoms with van der Waals surface area (Å²) in [6.07, 6.45) is 6.51. The van der Waals surface area contributed by atoms with Gasteiger partial charge >= 0.3 is 0 Å². The first-order valence-electron chi connectivity index (χ1n) is 5.77. The molecule has 0 aromatic carbocycles. The number of hydrogen-bond acceptors (Lipinski definition) is 1. The fourth-order valence-corrected chi connectivity index (χ4v) is 2.74. The molecule has 0 radical (unpaired) electrons. The van der Waals surface area contributed by atoms with E-state index < -0.39 is 0 Å². The van der Waals surface area contributed by atoms with Crippen molar-refractivity contribution in [2.24, 2.45) is 16.7 Å². The molecule has 84 valence electrons. The Morgan fingerprint density at radius 3 is 2.27 bits per heavy atom. The monoisotopic (exact) mass is 206 g/mol. The predicted molar refractivity (Wildman–Crippen MR) is 63.4 cm³/mol. The summed E-state index contributed by atoms with van der Waals surface area (Å²) in [4.78, 5) is 0. The van der Waals surface area contributed by atoms with Gasteiger partial charge in [0.1, 0.15) is 11.4 Å². The van der Waals surface area contributed by atoms with Gasteiger partial charge in [0.15, 0.2) is 0 Å². The normalized spacial score (nSPS) is 34.3. The van der Waals surface area contributed by atoms with Crippen LogP contribution in [0.5, 0.6) is 0 Å². The van der Waals surface area contributed by atoms with Crippen molar-refractivity contribution in [2.45, 2.75) is 47.1 Å². The van der Waals surface area contributed by atoms with Gasteiger partial charge in [-0.05, 0) is 25.3 Å². The molecule has 15 heavy (non-hydrogen) atoms. The van der Waals surface area contributed by atoms with E-state index in [-0.39, 0.29) is 16.4 Å². The Kier molecular flexibility index (Phi) is 1.94. The largest absolute Gasteiger partial charge is 0.491 e. The third-order valence-electron chi connectivity index (χ3n) is 5.14. The fourth-order valence-electron chi connectivity index (χ4n) is 2.74. The molecule has 1 heteroatoms. The SMILES string of the molecule is CC1(C)OC2=CC=CC2C(C)(C)C1(C)C. The van der Waals surface area contributed by atoms with Crippen LogP contribution in [0.25, 0.3) is 0 Å². The lowest BCUT2D eigenvalue weighted by atomic mass is 9.53. The van der Waals surface area contributed by atoms with Crippen molar-refractivity contribution in [3.05, 3.63) is 24.0 Å². The molecule has 0 N–H and O–H groups in total. The van der Waals surface area contributed by atoms with E-state index in [0.29, 0.717) is 5.92 Å². The van der Waals surface area contributed by atoms with E-state index in [1.165, 1.54) is 0 Å². The van der Waals surface area contributed by atoms with Gasteiger partial charge in [0.05, 0.1) is 0 Å². The van der Waals surface area contributed by atoms with Gasteiger partial charge in [0.2, 0.25) is 0 Å². The molecule has 1 atom stereocenters. The first-order chi connectivity index (χ1) is 6.70. The molecule has 1 aliphatic heterocycles. The molecule has 2 aliphatic rings. The van der Waals surface area contributed by atoms with Crippen molar-refractivity contribution in [3.63, 3.8) is 0 Å². The van der Waals surface area contributed by atoms with E-state index in [2.05, 4.69) is 59.8 Å². The number of allylic oxidation sites excluding steroid dienone is 3. The predicted octanol–water partition coefficient (Wildman–Crippen LogP) is 3.92. The molecule has 1 aliphatic carbocycles. The molecule has 0 spiro atoms. The summed E-state index contributed by atoms with van der Waals surface area (Å²) in [5, 5.41) is 0. The van der Waals surface area contributed by atoms with Crippen LogP contribution in [0.4, 0.5) is 0 Å². The van der Waals surface area contributed by atoms with Crippen molar-refractivity contribution in [2.75, 3.05) is 0 Å². The smallest absolute Gasteiger partial charge is 0.109 e. The second-order valence-electron chi connectivity index (χ2n) is 6.39. The lowest BCUT2D eigenvalue weighted by molar-refractivity contribution is -0.176. The Balaban J connectivity index is 2.51. The summed E-state index contributed by atoms with van der Waals surface area (Å²) in [7, 11) is 0. The van der Waals surface area contributed by atoms with Crippen molar-refractivity contribution >= 4 is 0 Å². The summed E-state index contributed by atoms with van der Waals surface area (Å²) in [5.41, 5.74) is 0.273. The van der Waals surface area contributed by atoms with Crippen LogP contribution in [-0.2, 0) is 4.74 Å². The Labute approximate surface area is 93.2 Å². The number of fused-ring (bicyclic) bond motifs is 1. The fraction of sp³-hybridized carbons (Fsp3) is 0.714. The Bertz CT molecular complexity index is 342. The van der Waals surface area contributed by atoms with E-state index in [9.17, 15) is 0 Å². The van der Waals surface area contributed by atoms with Crippen LogP contribution in [-0.4, -0.2) is 5.60 Å². The molecule has 1 unspecified atom stereocenters. The summed E-state index contributed by atoms with van der Waals surface area (Å²) < 4.78 is 6.15. The van der Waals surface area contributed by atoms with Gasteiger partial charge in [-0.3, -0.25) is 0 Å². The van der Waals surface area contributed by atoms with Crippen LogP contribution in [0.1, 0.15) is 41.5 Å². The number of ether oxygens (including phenoxy) is 1. The maximum Gasteiger partial charge on any atom is 0.109 e.